The minimum atomic E-state index is -0.819. The number of pyridine rings is 1. The second kappa shape index (κ2) is 3.45. The summed E-state index contributed by atoms with van der Waals surface area (Å²) in [6, 6.07) is 3.81. The van der Waals surface area contributed by atoms with Crippen molar-refractivity contribution in [2.24, 2.45) is 5.41 Å². The molecule has 0 aliphatic heterocycles. The number of aromatic nitrogens is 1. The molecular formula is C11H15B2N. The van der Waals surface area contributed by atoms with Crippen molar-refractivity contribution in [2.45, 2.75) is 32.9 Å². The molecule has 0 saturated heterocycles. The van der Waals surface area contributed by atoms with Crippen LogP contribution in [0, 0.1) is 12.3 Å². The molecular weight excluding hydrogens is 168 g/mol. The maximum absolute atomic E-state index is 6.13. The molecule has 1 aromatic heterocycles. The van der Waals surface area contributed by atoms with Gasteiger partial charge in [0.05, 0.1) is 15.7 Å². The zero-order valence-corrected chi connectivity index (χ0v) is 9.33. The van der Waals surface area contributed by atoms with Gasteiger partial charge in [0.15, 0.2) is 0 Å². The van der Waals surface area contributed by atoms with E-state index in [1.165, 1.54) is 0 Å². The molecule has 0 aliphatic rings. The Morgan fingerprint density at radius 2 is 1.79 bits per heavy atom. The third-order valence-corrected chi connectivity index (χ3v) is 2.62. The fourth-order valence-corrected chi connectivity index (χ4v) is 1.24. The fourth-order valence-electron chi connectivity index (χ4n) is 1.24. The zero-order valence-electron chi connectivity index (χ0n) is 9.33. The van der Waals surface area contributed by atoms with E-state index in [0.29, 0.717) is 0 Å². The maximum atomic E-state index is 6.13. The van der Waals surface area contributed by atoms with E-state index < -0.39 is 5.21 Å². The van der Waals surface area contributed by atoms with Crippen molar-refractivity contribution in [3.8, 4) is 0 Å². The van der Waals surface area contributed by atoms with E-state index >= 15 is 0 Å². The molecule has 1 rings (SSSR count). The Morgan fingerprint density at radius 3 is 2.21 bits per heavy atom. The van der Waals surface area contributed by atoms with E-state index in [4.69, 9.17) is 15.7 Å². The van der Waals surface area contributed by atoms with E-state index in [1.807, 2.05) is 39.8 Å². The predicted molar refractivity (Wildman–Crippen MR) is 61.6 cm³/mol. The Bertz CT molecular complexity index is 326. The van der Waals surface area contributed by atoms with Crippen LogP contribution in [0.25, 0.3) is 0 Å². The number of rotatable bonds is 1. The van der Waals surface area contributed by atoms with Crippen molar-refractivity contribution in [2.75, 3.05) is 0 Å². The molecule has 0 fully saturated rings. The van der Waals surface area contributed by atoms with Crippen molar-refractivity contribution in [1.82, 2.24) is 4.98 Å². The third-order valence-electron chi connectivity index (χ3n) is 2.62. The minimum Gasteiger partial charge on any atom is -0.262 e. The molecule has 0 amide bonds. The van der Waals surface area contributed by atoms with Gasteiger partial charge in [0.1, 0.15) is 0 Å². The zero-order chi connectivity index (χ0) is 11.0. The Morgan fingerprint density at radius 1 is 1.21 bits per heavy atom. The van der Waals surface area contributed by atoms with Crippen molar-refractivity contribution in [3.63, 3.8) is 0 Å². The molecule has 1 heterocycles. The monoisotopic (exact) mass is 183 g/mol. The van der Waals surface area contributed by atoms with Crippen LogP contribution in [-0.2, 0) is 5.21 Å². The molecule has 0 bridgehead atoms. The lowest BCUT2D eigenvalue weighted by atomic mass is 9.41. The first-order valence-electron chi connectivity index (χ1n) is 4.76. The van der Waals surface area contributed by atoms with Crippen LogP contribution < -0.4 is 0 Å². The lowest BCUT2D eigenvalue weighted by molar-refractivity contribution is 0.358. The highest BCUT2D eigenvalue weighted by molar-refractivity contribution is 6.40. The normalized spacial score (nSPS) is 12.9. The molecule has 0 saturated carbocycles. The molecule has 1 aromatic rings. The van der Waals surface area contributed by atoms with Gasteiger partial charge in [-0.15, -0.1) is 0 Å². The Balaban J connectivity index is 3.16. The SMILES string of the molecule is [B]C([B])(c1ccnc(C)c1)C(C)(C)C. The first kappa shape index (κ1) is 11.4. The van der Waals surface area contributed by atoms with Crippen molar-refractivity contribution < 1.29 is 0 Å². The standard InChI is InChI=1S/C11H15B2N/c1-8-7-9(5-6-14-8)11(12,13)10(2,3)4/h5-7H,1-4H3. The van der Waals surface area contributed by atoms with Gasteiger partial charge in [0.2, 0.25) is 0 Å². The summed E-state index contributed by atoms with van der Waals surface area (Å²) in [7, 11) is 12.3. The maximum Gasteiger partial charge on any atom is 0.0689 e. The lowest BCUT2D eigenvalue weighted by Crippen LogP contribution is -2.41. The molecule has 1 nitrogen and oxygen atoms in total. The Labute approximate surface area is 89.1 Å². The quantitative estimate of drug-likeness (QED) is 0.606. The van der Waals surface area contributed by atoms with E-state index in [-0.39, 0.29) is 5.41 Å². The van der Waals surface area contributed by atoms with Gasteiger partial charge in [0, 0.05) is 11.9 Å². The third kappa shape index (κ3) is 2.02. The number of nitrogens with zero attached hydrogens (tertiary/aromatic N) is 1. The van der Waals surface area contributed by atoms with E-state index in [1.54, 1.807) is 6.20 Å². The van der Waals surface area contributed by atoms with Crippen LogP contribution in [0.1, 0.15) is 32.0 Å². The highest BCUT2D eigenvalue weighted by Crippen LogP contribution is 2.35. The topological polar surface area (TPSA) is 12.9 Å². The largest absolute Gasteiger partial charge is 0.262 e. The molecule has 0 spiro atoms. The molecule has 4 radical (unpaired) electrons. The molecule has 0 aliphatic carbocycles. The highest BCUT2D eigenvalue weighted by Gasteiger charge is 2.33. The Hall–Kier alpha value is -0.720. The molecule has 0 unspecified atom stereocenters. The van der Waals surface area contributed by atoms with Gasteiger partial charge in [-0.1, -0.05) is 31.5 Å². The summed E-state index contributed by atoms with van der Waals surface area (Å²) in [5, 5.41) is -0.819. The molecule has 0 atom stereocenters. The fraction of sp³-hybridized carbons (Fsp3) is 0.545. The van der Waals surface area contributed by atoms with Gasteiger partial charge in [-0.2, -0.15) is 0 Å². The smallest absolute Gasteiger partial charge is 0.0689 e. The Kier molecular flexibility index (Phi) is 2.80. The first-order chi connectivity index (χ1) is 6.25. The summed E-state index contributed by atoms with van der Waals surface area (Å²) in [6.45, 7) is 8.02. The molecule has 3 heteroatoms. The van der Waals surface area contributed by atoms with Gasteiger partial charge in [-0.3, -0.25) is 4.98 Å². The molecule has 14 heavy (non-hydrogen) atoms. The van der Waals surface area contributed by atoms with E-state index in [0.717, 1.165) is 11.3 Å². The van der Waals surface area contributed by atoms with Gasteiger partial charge >= 0.3 is 0 Å². The van der Waals surface area contributed by atoms with Crippen LogP contribution in [0.2, 0.25) is 0 Å². The van der Waals surface area contributed by atoms with E-state index in [2.05, 4.69) is 4.98 Å². The van der Waals surface area contributed by atoms with Crippen LogP contribution in [0.4, 0.5) is 0 Å². The number of hydrogen-bond acceptors (Lipinski definition) is 1. The van der Waals surface area contributed by atoms with Crippen LogP contribution in [0.3, 0.4) is 0 Å². The van der Waals surface area contributed by atoms with Crippen LogP contribution in [-0.4, -0.2) is 20.7 Å². The van der Waals surface area contributed by atoms with Gasteiger partial charge in [0.25, 0.3) is 0 Å². The second-order valence-electron chi connectivity index (χ2n) is 4.80. The van der Waals surface area contributed by atoms with Gasteiger partial charge < -0.3 is 0 Å². The number of hydrogen-bond donors (Lipinski definition) is 0. The van der Waals surface area contributed by atoms with Gasteiger partial charge in [-0.05, 0) is 24.5 Å². The lowest BCUT2D eigenvalue weighted by Gasteiger charge is -2.40. The summed E-state index contributed by atoms with van der Waals surface area (Å²) in [5.41, 5.74) is 1.69. The summed E-state index contributed by atoms with van der Waals surface area (Å²) >= 11 is 0. The van der Waals surface area contributed by atoms with Gasteiger partial charge in [-0.25, -0.2) is 0 Å². The van der Waals surface area contributed by atoms with Crippen molar-refractivity contribution in [3.05, 3.63) is 29.6 Å². The summed E-state index contributed by atoms with van der Waals surface area (Å²) in [5.74, 6) is 0. The predicted octanol–water partition coefficient (Wildman–Crippen LogP) is 1.93. The average Bonchev–Trinajstić information content (AvgIpc) is 2.02. The van der Waals surface area contributed by atoms with Crippen molar-refractivity contribution >= 4 is 15.7 Å². The summed E-state index contributed by atoms with van der Waals surface area (Å²) < 4.78 is 0. The van der Waals surface area contributed by atoms with Crippen LogP contribution in [0.5, 0.6) is 0 Å². The minimum absolute atomic E-state index is 0.180. The van der Waals surface area contributed by atoms with Crippen LogP contribution >= 0.6 is 0 Å². The summed E-state index contributed by atoms with van der Waals surface area (Å²) in [4.78, 5) is 4.12. The molecule has 70 valence electrons. The summed E-state index contributed by atoms with van der Waals surface area (Å²) in [6.07, 6.45) is 1.74. The highest BCUT2D eigenvalue weighted by atomic mass is 14.6. The second-order valence-corrected chi connectivity index (χ2v) is 4.80. The van der Waals surface area contributed by atoms with E-state index in [9.17, 15) is 0 Å². The van der Waals surface area contributed by atoms with Crippen molar-refractivity contribution in [1.29, 1.82) is 0 Å². The molecule has 0 aromatic carbocycles. The molecule has 0 N–H and O–H groups in total. The number of aryl methyl sites for hydroxylation is 1. The average molecular weight is 183 g/mol. The van der Waals surface area contributed by atoms with Crippen LogP contribution in [0.15, 0.2) is 18.3 Å². The first-order valence-corrected chi connectivity index (χ1v) is 4.76.